The Kier molecular flexibility index (Phi) is 4.31. The average Bonchev–Trinajstić information content (AvgIpc) is 2.97. The van der Waals surface area contributed by atoms with Crippen molar-refractivity contribution in [2.45, 2.75) is 18.9 Å². The van der Waals surface area contributed by atoms with Crippen LogP contribution in [0.25, 0.3) is 0 Å². The maximum Gasteiger partial charge on any atom is 0.345 e. The Morgan fingerprint density at radius 2 is 2.22 bits per heavy atom. The lowest BCUT2D eigenvalue weighted by atomic mass is 10.0. The van der Waals surface area contributed by atoms with Crippen molar-refractivity contribution >= 4 is 28.9 Å². The molecule has 7 heteroatoms. The van der Waals surface area contributed by atoms with E-state index in [1.54, 1.807) is 23.6 Å². The van der Waals surface area contributed by atoms with Gasteiger partial charge in [0, 0.05) is 12.0 Å². The van der Waals surface area contributed by atoms with Gasteiger partial charge in [0.1, 0.15) is 10.6 Å². The highest BCUT2D eigenvalue weighted by Crippen LogP contribution is 2.37. The predicted molar refractivity (Wildman–Crippen MR) is 85.1 cm³/mol. The standard InChI is InChI=1S/C16H15NO5S/c18-12-4-5-22-15-10(12)2-1-3-11(15)17-14(19)7-9-6-13(16(20)21)23-8-9/h1-3,6,8,12,18H,4-5,7H2,(H,17,19)(H,20,21). The van der Waals surface area contributed by atoms with Gasteiger partial charge in [-0.1, -0.05) is 12.1 Å². The van der Waals surface area contributed by atoms with E-state index >= 15 is 0 Å². The Morgan fingerprint density at radius 1 is 1.39 bits per heavy atom. The second-order valence-electron chi connectivity index (χ2n) is 5.23. The molecule has 1 aliphatic heterocycles. The van der Waals surface area contributed by atoms with Gasteiger partial charge in [0.05, 0.1) is 24.8 Å². The van der Waals surface area contributed by atoms with Gasteiger partial charge in [-0.2, -0.15) is 0 Å². The van der Waals surface area contributed by atoms with Gasteiger partial charge in [0.15, 0.2) is 0 Å². The van der Waals surface area contributed by atoms with Crippen molar-refractivity contribution in [1.82, 2.24) is 0 Å². The number of hydrogen-bond acceptors (Lipinski definition) is 5. The molecule has 2 aromatic rings. The Labute approximate surface area is 136 Å². The summed E-state index contributed by atoms with van der Waals surface area (Å²) in [6.07, 6.45) is 0.0124. The van der Waals surface area contributed by atoms with E-state index in [-0.39, 0.29) is 17.2 Å². The molecule has 0 saturated heterocycles. The molecule has 1 unspecified atom stereocenters. The summed E-state index contributed by atoms with van der Waals surface area (Å²) in [5.74, 6) is -0.769. The average molecular weight is 333 g/mol. The predicted octanol–water partition coefficient (Wildman–Crippen LogP) is 2.44. The van der Waals surface area contributed by atoms with Crippen LogP contribution in [0.1, 0.15) is 33.3 Å². The monoisotopic (exact) mass is 333 g/mol. The van der Waals surface area contributed by atoms with Crippen molar-refractivity contribution < 1.29 is 24.5 Å². The second-order valence-corrected chi connectivity index (χ2v) is 6.14. The molecule has 0 aliphatic carbocycles. The number of para-hydroxylation sites is 1. The fourth-order valence-corrected chi connectivity index (χ4v) is 3.22. The molecule has 0 bridgehead atoms. The minimum Gasteiger partial charge on any atom is -0.491 e. The van der Waals surface area contributed by atoms with Gasteiger partial charge in [-0.3, -0.25) is 4.79 Å². The number of amides is 1. The van der Waals surface area contributed by atoms with Crippen LogP contribution in [-0.2, 0) is 11.2 Å². The topological polar surface area (TPSA) is 95.9 Å². The number of carbonyl (C=O) groups is 2. The molecular formula is C16H15NO5S. The van der Waals surface area contributed by atoms with Crippen molar-refractivity contribution in [3.8, 4) is 5.75 Å². The van der Waals surface area contributed by atoms with Crippen molar-refractivity contribution in [2.75, 3.05) is 11.9 Å². The van der Waals surface area contributed by atoms with Crippen LogP contribution in [0.4, 0.5) is 5.69 Å². The van der Waals surface area contributed by atoms with Gasteiger partial charge >= 0.3 is 5.97 Å². The normalized spacial score (nSPS) is 16.3. The number of carboxylic acid groups (broad SMARTS) is 1. The Hall–Kier alpha value is -2.38. The van der Waals surface area contributed by atoms with E-state index in [9.17, 15) is 14.7 Å². The molecule has 0 radical (unpaired) electrons. The quantitative estimate of drug-likeness (QED) is 0.799. The van der Waals surface area contributed by atoms with Gasteiger partial charge in [-0.15, -0.1) is 11.3 Å². The second kappa shape index (κ2) is 6.39. The molecule has 1 aromatic heterocycles. The molecule has 3 rings (SSSR count). The molecule has 0 fully saturated rings. The zero-order chi connectivity index (χ0) is 16.4. The van der Waals surface area contributed by atoms with E-state index < -0.39 is 12.1 Å². The summed E-state index contributed by atoms with van der Waals surface area (Å²) >= 11 is 1.09. The lowest BCUT2D eigenvalue weighted by molar-refractivity contribution is -0.115. The Bertz CT molecular complexity index is 755. The lowest BCUT2D eigenvalue weighted by Crippen LogP contribution is -2.19. The van der Waals surface area contributed by atoms with Gasteiger partial charge in [-0.25, -0.2) is 4.79 Å². The molecule has 0 saturated carbocycles. The number of carbonyl (C=O) groups excluding carboxylic acids is 1. The molecule has 120 valence electrons. The minimum absolute atomic E-state index is 0.0794. The summed E-state index contributed by atoms with van der Waals surface area (Å²) in [5, 5.41) is 23.3. The van der Waals surface area contributed by atoms with Gasteiger partial charge in [0.2, 0.25) is 5.91 Å². The lowest BCUT2D eigenvalue weighted by Gasteiger charge is -2.24. The number of carboxylic acids is 1. The van der Waals surface area contributed by atoms with Crippen LogP contribution in [0.15, 0.2) is 29.6 Å². The molecule has 1 amide bonds. The summed E-state index contributed by atoms with van der Waals surface area (Å²) in [7, 11) is 0. The maximum absolute atomic E-state index is 12.2. The maximum atomic E-state index is 12.2. The van der Waals surface area contributed by atoms with Gasteiger partial charge in [0.25, 0.3) is 0 Å². The molecule has 3 N–H and O–H groups in total. The molecule has 0 spiro atoms. The number of hydrogen-bond donors (Lipinski definition) is 3. The molecule has 2 heterocycles. The fourth-order valence-electron chi connectivity index (χ4n) is 2.47. The molecule has 1 aromatic carbocycles. The summed E-state index contributed by atoms with van der Waals surface area (Å²) in [6.45, 7) is 0.396. The van der Waals surface area contributed by atoms with E-state index in [4.69, 9.17) is 9.84 Å². The van der Waals surface area contributed by atoms with E-state index in [0.717, 1.165) is 11.3 Å². The van der Waals surface area contributed by atoms with Crippen LogP contribution >= 0.6 is 11.3 Å². The summed E-state index contributed by atoms with van der Waals surface area (Å²) in [6, 6.07) is 6.73. The SMILES string of the molecule is O=C(Cc1csc(C(=O)O)c1)Nc1cccc2c1OCCC2O. The summed E-state index contributed by atoms with van der Waals surface area (Å²) in [5.41, 5.74) is 1.83. The highest BCUT2D eigenvalue weighted by molar-refractivity contribution is 7.12. The highest BCUT2D eigenvalue weighted by atomic mass is 32.1. The Balaban J connectivity index is 1.73. The number of aromatic carboxylic acids is 1. The van der Waals surface area contributed by atoms with Crippen molar-refractivity contribution in [3.63, 3.8) is 0 Å². The van der Waals surface area contributed by atoms with Crippen LogP contribution in [0.2, 0.25) is 0 Å². The third-order valence-electron chi connectivity index (χ3n) is 3.55. The molecule has 1 aliphatic rings. The van der Waals surface area contributed by atoms with Crippen LogP contribution in [0.3, 0.4) is 0 Å². The molecule has 23 heavy (non-hydrogen) atoms. The van der Waals surface area contributed by atoms with Crippen molar-refractivity contribution in [1.29, 1.82) is 0 Å². The third-order valence-corrected chi connectivity index (χ3v) is 4.51. The van der Waals surface area contributed by atoms with E-state index in [2.05, 4.69) is 5.32 Å². The number of benzene rings is 1. The van der Waals surface area contributed by atoms with Gasteiger partial charge < -0.3 is 20.3 Å². The number of anilines is 1. The zero-order valence-corrected chi connectivity index (χ0v) is 12.9. The molecule has 6 nitrogen and oxygen atoms in total. The van der Waals surface area contributed by atoms with E-state index in [1.165, 1.54) is 6.07 Å². The molecular weight excluding hydrogens is 318 g/mol. The number of rotatable bonds is 4. The van der Waals surface area contributed by atoms with Crippen LogP contribution in [-0.4, -0.2) is 28.7 Å². The number of aliphatic hydroxyl groups is 1. The highest BCUT2D eigenvalue weighted by Gasteiger charge is 2.22. The fraction of sp³-hybridized carbons (Fsp3) is 0.250. The van der Waals surface area contributed by atoms with Crippen molar-refractivity contribution in [3.05, 3.63) is 45.6 Å². The first-order valence-electron chi connectivity index (χ1n) is 7.09. The van der Waals surface area contributed by atoms with E-state index in [0.29, 0.717) is 35.6 Å². The number of nitrogens with one attached hydrogen (secondary N) is 1. The zero-order valence-electron chi connectivity index (χ0n) is 12.1. The first-order valence-corrected chi connectivity index (χ1v) is 7.97. The number of ether oxygens (including phenoxy) is 1. The summed E-state index contributed by atoms with van der Waals surface area (Å²) in [4.78, 5) is 23.2. The number of thiophene rings is 1. The van der Waals surface area contributed by atoms with Gasteiger partial charge in [-0.05, 0) is 23.1 Å². The summed E-state index contributed by atoms with van der Waals surface area (Å²) < 4.78 is 5.56. The van der Waals surface area contributed by atoms with Crippen molar-refractivity contribution in [2.24, 2.45) is 0 Å². The van der Waals surface area contributed by atoms with Crippen LogP contribution in [0, 0.1) is 0 Å². The minimum atomic E-state index is -0.999. The first-order chi connectivity index (χ1) is 11.0. The largest absolute Gasteiger partial charge is 0.491 e. The Morgan fingerprint density at radius 3 is 2.96 bits per heavy atom. The smallest absolute Gasteiger partial charge is 0.345 e. The van der Waals surface area contributed by atoms with Crippen LogP contribution in [0.5, 0.6) is 5.75 Å². The van der Waals surface area contributed by atoms with E-state index in [1.807, 2.05) is 0 Å². The third kappa shape index (κ3) is 3.35. The van der Waals surface area contributed by atoms with Crippen LogP contribution < -0.4 is 10.1 Å². The molecule has 1 atom stereocenters. The first kappa shape index (κ1) is 15.5. The number of aliphatic hydroxyl groups excluding tert-OH is 1. The number of fused-ring (bicyclic) bond motifs is 1.